The Bertz CT molecular complexity index is 1010. The highest BCUT2D eigenvalue weighted by Crippen LogP contribution is 2.38. The molecule has 3 rings (SSSR count). The third-order valence-corrected chi connectivity index (χ3v) is 5.49. The van der Waals surface area contributed by atoms with Crippen molar-refractivity contribution in [1.29, 1.82) is 0 Å². The summed E-state index contributed by atoms with van der Waals surface area (Å²) in [4.78, 5) is 25.6. The minimum absolute atomic E-state index is 0.0727. The van der Waals surface area contributed by atoms with Gasteiger partial charge in [0, 0.05) is 31.4 Å². The Kier molecular flexibility index (Phi) is 5.29. The number of carbonyl (C=O) groups is 1. The van der Waals surface area contributed by atoms with Gasteiger partial charge in [-0.2, -0.15) is 0 Å². The largest absolute Gasteiger partial charge is 0.477 e. The Balaban J connectivity index is 2.32. The van der Waals surface area contributed by atoms with E-state index in [-0.39, 0.29) is 29.8 Å². The number of benzene rings is 1. The second kappa shape index (κ2) is 7.38. The molecular weight excluding hydrogens is 370 g/mol. The molecule has 0 radical (unpaired) electrons. The van der Waals surface area contributed by atoms with Gasteiger partial charge in [-0.25, -0.2) is 13.6 Å². The quantitative estimate of drug-likeness (QED) is 0.672. The summed E-state index contributed by atoms with van der Waals surface area (Å²) in [7, 11) is 0. The van der Waals surface area contributed by atoms with Crippen LogP contribution in [0.25, 0.3) is 10.9 Å². The van der Waals surface area contributed by atoms with Crippen molar-refractivity contribution < 1.29 is 18.7 Å². The lowest BCUT2D eigenvalue weighted by Gasteiger charge is -2.29. The molecule has 0 saturated carbocycles. The monoisotopic (exact) mass is 394 g/mol. The first-order valence-corrected chi connectivity index (χ1v) is 9.31. The molecule has 1 aromatic carbocycles. The molecule has 1 aliphatic heterocycles. The molecule has 1 saturated heterocycles. The molecule has 9 heteroatoms. The van der Waals surface area contributed by atoms with Crippen molar-refractivity contribution in [3.63, 3.8) is 0 Å². The molecule has 1 fully saturated rings. The number of aryl methyl sites for hydroxylation is 1. The number of carboxylic acid groups (broad SMARTS) is 1. The smallest absolute Gasteiger partial charge is 0.341 e. The van der Waals surface area contributed by atoms with Gasteiger partial charge in [-0.05, 0) is 26.8 Å². The topological polar surface area (TPSA) is 101 Å². The summed E-state index contributed by atoms with van der Waals surface area (Å²) >= 11 is 0. The van der Waals surface area contributed by atoms with E-state index < -0.39 is 39.7 Å². The number of aromatic nitrogens is 1. The molecule has 2 atom stereocenters. The molecule has 28 heavy (non-hydrogen) atoms. The fraction of sp³-hybridized carbons (Fsp3) is 0.474. The highest BCUT2D eigenvalue weighted by molar-refractivity contribution is 5.99. The number of carboxylic acids is 1. The third-order valence-electron chi connectivity index (χ3n) is 5.49. The van der Waals surface area contributed by atoms with Crippen LogP contribution in [0, 0.1) is 11.6 Å². The van der Waals surface area contributed by atoms with Crippen molar-refractivity contribution in [2.24, 2.45) is 0 Å². The maximum absolute atomic E-state index is 15.5. The Morgan fingerprint density at radius 2 is 2.04 bits per heavy atom. The minimum Gasteiger partial charge on any atom is -0.477 e. The number of anilines is 2. The molecule has 4 N–H and O–H groups in total. The molecule has 0 aliphatic carbocycles. The molecule has 2 heterocycles. The van der Waals surface area contributed by atoms with Crippen molar-refractivity contribution in [2.75, 3.05) is 23.7 Å². The van der Waals surface area contributed by atoms with E-state index in [2.05, 4.69) is 5.32 Å². The number of rotatable bonds is 5. The van der Waals surface area contributed by atoms with Crippen LogP contribution in [0.1, 0.15) is 37.6 Å². The van der Waals surface area contributed by atoms with Crippen LogP contribution in [-0.2, 0) is 6.54 Å². The first-order valence-electron chi connectivity index (χ1n) is 9.31. The number of likely N-dealkylation sites (N-methyl/N-ethyl adjacent to an activating group) is 1. The Morgan fingerprint density at radius 1 is 1.36 bits per heavy atom. The van der Waals surface area contributed by atoms with Crippen LogP contribution in [0.4, 0.5) is 20.2 Å². The van der Waals surface area contributed by atoms with E-state index in [4.69, 9.17) is 5.73 Å². The van der Waals surface area contributed by atoms with Crippen molar-refractivity contribution in [3.05, 3.63) is 33.6 Å². The summed E-state index contributed by atoms with van der Waals surface area (Å²) in [5.74, 6) is -3.40. The van der Waals surface area contributed by atoms with Crippen LogP contribution in [0.5, 0.6) is 0 Å². The first kappa shape index (κ1) is 20.1. The zero-order chi connectivity index (χ0) is 20.7. The van der Waals surface area contributed by atoms with Crippen LogP contribution in [0.3, 0.4) is 0 Å². The van der Waals surface area contributed by atoms with Crippen molar-refractivity contribution in [1.82, 2.24) is 9.88 Å². The van der Waals surface area contributed by atoms with E-state index in [0.29, 0.717) is 13.0 Å². The molecule has 2 unspecified atom stereocenters. The van der Waals surface area contributed by atoms with Gasteiger partial charge in [-0.3, -0.25) is 4.79 Å². The highest BCUT2D eigenvalue weighted by Gasteiger charge is 2.36. The number of fused-ring (bicyclic) bond motifs is 1. The lowest BCUT2D eigenvalue weighted by Crippen LogP contribution is -2.41. The van der Waals surface area contributed by atoms with Gasteiger partial charge < -0.3 is 25.6 Å². The lowest BCUT2D eigenvalue weighted by atomic mass is 10.1. The fourth-order valence-electron chi connectivity index (χ4n) is 4.04. The molecule has 1 aliphatic rings. The number of nitrogens with one attached hydrogen (secondary N) is 1. The maximum atomic E-state index is 15.5. The Morgan fingerprint density at radius 3 is 2.61 bits per heavy atom. The fourth-order valence-corrected chi connectivity index (χ4v) is 4.04. The van der Waals surface area contributed by atoms with E-state index in [1.54, 1.807) is 11.8 Å². The number of hydrogen-bond donors (Lipinski definition) is 3. The molecule has 2 aromatic rings. The normalized spacial score (nSPS) is 19.5. The summed E-state index contributed by atoms with van der Waals surface area (Å²) < 4.78 is 32.0. The molecule has 152 valence electrons. The van der Waals surface area contributed by atoms with Crippen molar-refractivity contribution in [3.8, 4) is 0 Å². The second-order valence-electron chi connectivity index (χ2n) is 6.96. The predicted molar refractivity (Wildman–Crippen MR) is 104 cm³/mol. The van der Waals surface area contributed by atoms with Crippen molar-refractivity contribution in [2.45, 2.75) is 45.8 Å². The van der Waals surface area contributed by atoms with Gasteiger partial charge in [0.2, 0.25) is 5.43 Å². The SMILES string of the molecule is CCNC1CCN(c2c(F)c(N)c3c(=O)c(C(=O)O)cn(CC)c3c2F)C1C. The number of halogens is 2. The number of nitrogen functional groups attached to an aromatic ring is 1. The highest BCUT2D eigenvalue weighted by atomic mass is 19.1. The van der Waals surface area contributed by atoms with Crippen LogP contribution in [0.2, 0.25) is 0 Å². The van der Waals surface area contributed by atoms with Crippen LogP contribution in [0.15, 0.2) is 11.0 Å². The van der Waals surface area contributed by atoms with Gasteiger partial charge in [-0.1, -0.05) is 6.92 Å². The number of nitrogens with two attached hydrogens (primary N) is 1. The summed E-state index contributed by atoms with van der Waals surface area (Å²) in [6.45, 7) is 6.87. The predicted octanol–water partition coefficient (Wildman–Crippen LogP) is 2.16. The standard InChI is InChI=1S/C19H24F2N4O3/c1-4-23-11-6-7-25(9(11)3)17-13(20)15(22)12-16(14(17)21)24(5-2)8-10(18(12)26)19(27)28/h8-9,11,23H,4-7,22H2,1-3H3,(H,27,28). The number of nitrogens with zero attached hydrogens (tertiary/aromatic N) is 2. The molecule has 1 aromatic heterocycles. The maximum Gasteiger partial charge on any atom is 0.341 e. The van der Waals surface area contributed by atoms with Crippen LogP contribution >= 0.6 is 0 Å². The van der Waals surface area contributed by atoms with Gasteiger partial charge in [0.15, 0.2) is 11.6 Å². The first-order chi connectivity index (χ1) is 13.2. The van der Waals surface area contributed by atoms with Gasteiger partial charge in [0.1, 0.15) is 11.3 Å². The number of aromatic carboxylic acids is 1. The molecule has 0 amide bonds. The summed E-state index contributed by atoms with van der Waals surface area (Å²) in [5, 5.41) is 12.1. The molecule has 0 spiro atoms. The van der Waals surface area contributed by atoms with Gasteiger partial charge in [0.05, 0.1) is 16.6 Å². The number of hydrogen-bond acceptors (Lipinski definition) is 5. The van der Waals surface area contributed by atoms with E-state index in [1.807, 2.05) is 13.8 Å². The average Bonchev–Trinajstić information content (AvgIpc) is 3.00. The van der Waals surface area contributed by atoms with Gasteiger partial charge >= 0.3 is 5.97 Å². The lowest BCUT2D eigenvalue weighted by molar-refractivity contribution is 0.0695. The van der Waals surface area contributed by atoms with Crippen molar-refractivity contribution >= 4 is 28.2 Å². The molecular formula is C19H24F2N4O3. The summed E-state index contributed by atoms with van der Waals surface area (Å²) in [6, 6.07) is -0.107. The van der Waals surface area contributed by atoms with Gasteiger partial charge in [0.25, 0.3) is 0 Å². The van der Waals surface area contributed by atoms with E-state index in [0.717, 1.165) is 12.7 Å². The van der Waals surface area contributed by atoms with Gasteiger partial charge in [-0.15, -0.1) is 0 Å². The summed E-state index contributed by atoms with van der Waals surface area (Å²) in [5.41, 5.74) is 3.35. The Hall–Kier alpha value is -2.68. The summed E-state index contributed by atoms with van der Waals surface area (Å²) in [6.07, 6.45) is 1.79. The van der Waals surface area contributed by atoms with Crippen LogP contribution < -0.4 is 21.4 Å². The van der Waals surface area contributed by atoms with E-state index >= 15 is 8.78 Å². The van der Waals surface area contributed by atoms with E-state index in [1.165, 1.54) is 4.57 Å². The van der Waals surface area contributed by atoms with E-state index in [9.17, 15) is 14.7 Å². The third kappa shape index (κ3) is 2.90. The minimum atomic E-state index is -1.47. The zero-order valence-electron chi connectivity index (χ0n) is 16.1. The zero-order valence-corrected chi connectivity index (χ0v) is 16.1. The number of pyridine rings is 1. The Labute approximate surface area is 160 Å². The average molecular weight is 394 g/mol. The second-order valence-corrected chi connectivity index (χ2v) is 6.96. The molecule has 0 bridgehead atoms. The molecule has 7 nitrogen and oxygen atoms in total. The van der Waals surface area contributed by atoms with Crippen LogP contribution in [-0.4, -0.2) is 40.8 Å².